The Labute approximate surface area is 172 Å². The van der Waals surface area contributed by atoms with E-state index in [2.05, 4.69) is 0 Å². The van der Waals surface area contributed by atoms with Gasteiger partial charge in [0.2, 0.25) is 10.9 Å². The SMILES string of the molecule is CC1(C)Oc2ccc(-c3c(N)c(=O)c3=O)cc2[C@H](N2Cc3ccccc3C2=O)[C@H]1O. The lowest BCUT2D eigenvalue weighted by Gasteiger charge is -2.45. The second kappa shape index (κ2) is 6.03. The number of benzene rings is 2. The average molecular weight is 404 g/mol. The lowest BCUT2D eigenvalue weighted by molar-refractivity contribution is -0.0867. The number of hydrogen-bond donors (Lipinski definition) is 2. The maximum atomic E-state index is 13.1. The normalized spacial score (nSPS) is 22.0. The predicted octanol–water partition coefficient (Wildman–Crippen LogP) is 1.76. The van der Waals surface area contributed by atoms with Gasteiger partial charge in [-0.05, 0) is 43.2 Å². The second-order valence-electron chi connectivity index (χ2n) is 8.38. The summed E-state index contributed by atoms with van der Waals surface area (Å²) in [5.41, 5.74) is 6.12. The van der Waals surface area contributed by atoms with Crippen molar-refractivity contribution in [2.75, 3.05) is 5.73 Å². The van der Waals surface area contributed by atoms with Gasteiger partial charge < -0.3 is 20.5 Å². The number of carbonyl (C=O) groups excluding carboxylic acids is 1. The van der Waals surface area contributed by atoms with Crippen LogP contribution in [0, 0.1) is 0 Å². The fraction of sp³-hybridized carbons (Fsp3) is 0.261. The van der Waals surface area contributed by atoms with Crippen LogP contribution in [0.25, 0.3) is 11.1 Å². The number of amides is 1. The van der Waals surface area contributed by atoms with Gasteiger partial charge in [-0.25, -0.2) is 0 Å². The first-order valence-electron chi connectivity index (χ1n) is 9.70. The average Bonchev–Trinajstić information content (AvgIpc) is 3.05. The van der Waals surface area contributed by atoms with Gasteiger partial charge >= 0.3 is 0 Å². The minimum absolute atomic E-state index is 0.0706. The number of carbonyl (C=O) groups is 1. The lowest BCUT2D eigenvalue weighted by Crippen LogP contribution is -2.53. The fourth-order valence-electron chi connectivity index (χ4n) is 4.46. The zero-order chi connectivity index (χ0) is 21.4. The third-order valence-corrected chi connectivity index (χ3v) is 6.13. The smallest absolute Gasteiger partial charge is 0.255 e. The number of rotatable bonds is 2. The molecule has 0 saturated carbocycles. The summed E-state index contributed by atoms with van der Waals surface area (Å²) in [6, 6.07) is 11.7. The number of aliphatic hydroxyl groups is 1. The van der Waals surface area contributed by atoms with Crippen molar-refractivity contribution in [2.45, 2.75) is 38.1 Å². The monoisotopic (exact) mass is 404 g/mol. The van der Waals surface area contributed by atoms with E-state index in [9.17, 15) is 19.5 Å². The van der Waals surface area contributed by atoms with E-state index in [1.165, 1.54) is 0 Å². The Kier molecular flexibility index (Phi) is 3.73. The summed E-state index contributed by atoms with van der Waals surface area (Å²) in [6.45, 7) is 3.90. The van der Waals surface area contributed by atoms with Crippen molar-refractivity contribution in [3.05, 3.63) is 79.6 Å². The molecule has 152 valence electrons. The van der Waals surface area contributed by atoms with Crippen LogP contribution in [0.1, 0.15) is 41.4 Å². The molecule has 7 heteroatoms. The van der Waals surface area contributed by atoms with Crippen molar-refractivity contribution in [3.8, 4) is 16.9 Å². The van der Waals surface area contributed by atoms with E-state index in [1.807, 2.05) is 18.2 Å². The maximum Gasteiger partial charge on any atom is 0.255 e. The van der Waals surface area contributed by atoms with E-state index in [0.29, 0.717) is 29.0 Å². The summed E-state index contributed by atoms with van der Waals surface area (Å²) in [4.78, 5) is 38.4. The van der Waals surface area contributed by atoms with Gasteiger partial charge in [0, 0.05) is 17.7 Å². The zero-order valence-corrected chi connectivity index (χ0v) is 16.5. The van der Waals surface area contributed by atoms with E-state index < -0.39 is 28.6 Å². The quantitative estimate of drug-likeness (QED) is 0.630. The van der Waals surface area contributed by atoms with E-state index in [0.717, 1.165) is 5.56 Å². The van der Waals surface area contributed by atoms with Gasteiger partial charge in [-0.3, -0.25) is 14.4 Å². The summed E-state index contributed by atoms with van der Waals surface area (Å²) >= 11 is 0. The van der Waals surface area contributed by atoms with E-state index in [4.69, 9.17) is 10.5 Å². The molecule has 30 heavy (non-hydrogen) atoms. The lowest BCUT2D eigenvalue weighted by atomic mass is 9.84. The van der Waals surface area contributed by atoms with Crippen LogP contribution in [0.5, 0.6) is 5.75 Å². The van der Waals surface area contributed by atoms with Crippen molar-refractivity contribution in [3.63, 3.8) is 0 Å². The van der Waals surface area contributed by atoms with Gasteiger partial charge in [-0.1, -0.05) is 24.3 Å². The van der Waals surface area contributed by atoms with Gasteiger partial charge in [0.15, 0.2) is 0 Å². The molecule has 1 amide bonds. The highest BCUT2D eigenvalue weighted by Gasteiger charge is 2.48. The van der Waals surface area contributed by atoms with Gasteiger partial charge in [-0.2, -0.15) is 0 Å². The number of hydrogen-bond acceptors (Lipinski definition) is 6. The highest BCUT2D eigenvalue weighted by Crippen LogP contribution is 2.46. The first-order valence-corrected chi connectivity index (χ1v) is 9.70. The largest absolute Gasteiger partial charge is 0.485 e. The molecule has 0 radical (unpaired) electrons. The van der Waals surface area contributed by atoms with Gasteiger partial charge in [0.25, 0.3) is 5.91 Å². The van der Waals surface area contributed by atoms with Crippen LogP contribution < -0.4 is 21.3 Å². The number of ether oxygens (including phenoxy) is 1. The molecule has 0 unspecified atom stereocenters. The van der Waals surface area contributed by atoms with Crippen LogP contribution >= 0.6 is 0 Å². The summed E-state index contributed by atoms with van der Waals surface area (Å²) in [6.07, 6.45) is -1.01. The highest BCUT2D eigenvalue weighted by molar-refractivity contribution is 5.98. The molecular weight excluding hydrogens is 384 g/mol. The van der Waals surface area contributed by atoms with E-state index in [-0.39, 0.29) is 17.2 Å². The van der Waals surface area contributed by atoms with Crippen molar-refractivity contribution in [2.24, 2.45) is 0 Å². The molecule has 7 nitrogen and oxygen atoms in total. The van der Waals surface area contributed by atoms with Crippen LogP contribution in [0.3, 0.4) is 0 Å². The third kappa shape index (κ3) is 2.39. The number of fused-ring (bicyclic) bond motifs is 2. The number of aliphatic hydroxyl groups excluding tert-OH is 1. The number of nitrogens with two attached hydrogens (primary N) is 1. The zero-order valence-electron chi connectivity index (χ0n) is 16.5. The van der Waals surface area contributed by atoms with Crippen molar-refractivity contribution in [1.29, 1.82) is 0 Å². The molecular formula is C23H20N2O5. The summed E-state index contributed by atoms with van der Waals surface area (Å²) < 4.78 is 6.01. The molecule has 2 aliphatic heterocycles. The molecule has 3 N–H and O–H groups in total. The predicted molar refractivity (Wildman–Crippen MR) is 111 cm³/mol. The van der Waals surface area contributed by atoms with Gasteiger partial charge in [-0.15, -0.1) is 0 Å². The Bertz CT molecular complexity index is 1290. The van der Waals surface area contributed by atoms with E-state index >= 15 is 0 Å². The molecule has 2 atom stereocenters. The summed E-state index contributed by atoms with van der Waals surface area (Å²) in [5, 5.41) is 11.2. The van der Waals surface area contributed by atoms with Crippen LogP contribution in [0.4, 0.5) is 5.69 Å². The molecule has 0 aliphatic carbocycles. The van der Waals surface area contributed by atoms with Gasteiger partial charge in [0.1, 0.15) is 17.5 Å². The first kappa shape index (κ1) is 18.6. The summed E-state index contributed by atoms with van der Waals surface area (Å²) in [5.74, 6) is 0.345. The number of nitrogen functional groups attached to an aromatic ring is 1. The Morgan fingerprint density at radius 1 is 1.10 bits per heavy atom. The van der Waals surface area contributed by atoms with Crippen LogP contribution in [-0.2, 0) is 6.54 Å². The Balaban J connectivity index is 1.65. The summed E-state index contributed by atoms with van der Waals surface area (Å²) in [7, 11) is 0. The van der Waals surface area contributed by atoms with E-state index in [1.54, 1.807) is 43.0 Å². The molecule has 5 rings (SSSR count). The van der Waals surface area contributed by atoms with Crippen molar-refractivity contribution >= 4 is 11.6 Å². The molecule has 3 aromatic carbocycles. The number of nitrogens with zero attached hydrogens (tertiary/aromatic N) is 1. The maximum absolute atomic E-state index is 13.1. The standard InChI is InChI=1S/C23H20N2O5/c1-23(2)21(28)18(25-10-12-5-3-4-6-13(12)22(25)29)14-9-11(7-8-15(14)30-23)16-17(24)20(27)19(16)26/h3-9,18,21,28H,10,24H2,1-2H3/t18-,21+/m0/s1. The topological polar surface area (TPSA) is 110 Å². The van der Waals surface area contributed by atoms with Crippen molar-refractivity contribution in [1.82, 2.24) is 4.90 Å². The highest BCUT2D eigenvalue weighted by atomic mass is 16.5. The second-order valence-corrected chi connectivity index (χ2v) is 8.38. The van der Waals surface area contributed by atoms with Gasteiger partial charge in [0.05, 0.1) is 17.3 Å². The van der Waals surface area contributed by atoms with Crippen LogP contribution in [-0.4, -0.2) is 27.6 Å². The Morgan fingerprint density at radius 3 is 2.53 bits per heavy atom. The molecule has 0 aromatic heterocycles. The minimum atomic E-state index is -1.01. The molecule has 2 aliphatic rings. The van der Waals surface area contributed by atoms with Crippen LogP contribution in [0.15, 0.2) is 52.1 Å². The van der Waals surface area contributed by atoms with Crippen molar-refractivity contribution < 1.29 is 14.6 Å². The molecule has 0 spiro atoms. The molecule has 2 heterocycles. The first-order chi connectivity index (χ1) is 14.2. The molecule has 0 fully saturated rings. The number of anilines is 1. The van der Waals surface area contributed by atoms with Crippen LogP contribution in [0.2, 0.25) is 0 Å². The molecule has 0 bridgehead atoms. The fourth-order valence-corrected chi connectivity index (χ4v) is 4.46. The Morgan fingerprint density at radius 2 is 1.83 bits per heavy atom. The molecule has 0 saturated heterocycles. The minimum Gasteiger partial charge on any atom is -0.485 e. The molecule has 3 aromatic rings. The third-order valence-electron chi connectivity index (χ3n) is 6.13. The Hall–Kier alpha value is -3.45.